The summed E-state index contributed by atoms with van der Waals surface area (Å²) >= 11 is 14.0. The van der Waals surface area contributed by atoms with Crippen molar-refractivity contribution in [2.75, 3.05) is 5.73 Å². The van der Waals surface area contributed by atoms with Gasteiger partial charge in [0.25, 0.3) is 0 Å². The number of halogens is 2. The molecule has 0 spiro atoms. The zero-order chi connectivity index (χ0) is 19.6. The molecule has 0 saturated carbocycles. The van der Waals surface area contributed by atoms with Gasteiger partial charge < -0.3 is 22.3 Å². The van der Waals surface area contributed by atoms with Crippen LogP contribution in [0.25, 0.3) is 0 Å². The second kappa shape index (κ2) is 8.92. The molecule has 142 valence electrons. The quantitative estimate of drug-likeness (QED) is 0.632. The number of rotatable bonds is 3. The molecule has 2 aromatic carbocycles. The lowest BCUT2D eigenvalue weighted by Gasteiger charge is -2.28. The summed E-state index contributed by atoms with van der Waals surface area (Å²) in [6.07, 6.45) is 0. The van der Waals surface area contributed by atoms with Gasteiger partial charge in [0, 0.05) is 26.2 Å². The molecular weight excluding hydrogens is 417 g/mol. The zero-order valence-electron chi connectivity index (χ0n) is 14.3. The predicted molar refractivity (Wildman–Crippen MR) is 112 cm³/mol. The van der Waals surface area contributed by atoms with Gasteiger partial charge in [0.1, 0.15) is 5.82 Å². The Bertz CT molecular complexity index is 1050. The number of hydrogen-bond acceptors (Lipinski definition) is 6. The van der Waals surface area contributed by atoms with Crippen molar-refractivity contribution in [1.29, 1.82) is 10.5 Å². The van der Waals surface area contributed by atoms with E-state index >= 15 is 0 Å². The van der Waals surface area contributed by atoms with Crippen molar-refractivity contribution < 1.29 is 5.48 Å². The molecule has 0 radical (unpaired) electrons. The molecule has 3 rings (SSSR count). The molecule has 0 bridgehead atoms. The van der Waals surface area contributed by atoms with Crippen molar-refractivity contribution >= 4 is 40.7 Å². The summed E-state index contributed by atoms with van der Waals surface area (Å²) < 4.78 is 0. The lowest BCUT2D eigenvalue weighted by molar-refractivity contribution is 0.824. The number of nitriles is 2. The fraction of sp³-hybridized carbons (Fsp3) is 0.0526. The van der Waals surface area contributed by atoms with E-state index in [4.69, 9.17) is 34.7 Å². The number of nitrogens with one attached hydrogen (secondary N) is 1. The van der Waals surface area contributed by atoms with E-state index < -0.39 is 5.92 Å². The SMILES string of the molecule is N#CC1=C(N)NC(Sc2ccccc2N)=C(C#N)[C@@H]1c1c(Cl)cccc1Cl.O. The van der Waals surface area contributed by atoms with Crippen LogP contribution >= 0.6 is 35.0 Å². The Morgan fingerprint density at radius 1 is 0.929 bits per heavy atom. The maximum atomic E-state index is 9.87. The van der Waals surface area contributed by atoms with Crippen LogP contribution in [0.15, 0.2) is 69.4 Å². The Morgan fingerprint density at radius 3 is 2.11 bits per heavy atom. The van der Waals surface area contributed by atoms with Crippen molar-refractivity contribution in [1.82, 2.24) is 5.32 Å². The van der Waals surface area contributed by atoms with Crippen molar-refractivity contribution in [3.05, 3.63) is 80.1 Å². The fourth-order valence-electron chi connectivity index (χ4n) is 2.77. The number of nitrogens with zero attached hydrogens (tertiary/aromatic N) is 2. The summed E-state index contributed by atoms with van der Waals surface area (Å²) in [6, 6.07) is 16.5. The van der Waals surface area contributed by atoms with Crippen LogP contribution in [0.1, 0.15) is 11.5 Å². The zero-order valence-corrected chi connectivity index (χ0v) is 16.7. The normalized spacial score (nSPS) is 15.9. The van der Waals surface area contributed by atoms with Crippen LogP contribution in [-0.2, 0) is 0 Å². The molecule has 28 heavy (non-hydrogen) atoms. The Balaban J connectivity index is 0.00000280. The second-order valence-electron chi connectivity index (χ2n) is 5.63. The van der Waals surface area contributed by atoms with Gasteiger partial charge in [-0.15, -0.1) is 0 Å². The molecule has 0 unspecified atom stereocenters. The van der Waals surface area contributed by atoms with Crippen molar-refractivity contribution in [2.24, 2.45) is 5.73 Å². The molecule has 1 aliphatic rings. The Hall–Kier alpha value is -2.81. The van der Waals surface area contributed by atoms with Crippen molar-refractivity contribution in [2.45, 2.75) is 10.8 Å². The number of nitrogen functional groups attached to an aromatic ring is 1. The number of benzene rings is 2. The third-order valence-electron chi connectivity index (χ3n) is 4.02. The highest BCUT2D eigenvalue weighted by atomic mass is 35.5. The van der Waals surface area contributed by atoms with E-state index in [0.717, 1.165) is 4.90 Å². The highest BCUT2D eigenvalue weighted by Crippen LogP contribution is 2.46. The first-order chi connectivity index (χ1) is 13.0. The van der Waals surface area contributed by atoms with Gasteiger partial charge in [-0.25, -0.2) is 0 Å². The topological polar surface area (TPSA) is 143 Å². The van der Waals surface area contributed by atoms with E-state index in [9.17, 15) is 10.5 Å². The molecular formula is C19H15Cl2N5OS. The molecule has 0 saturated heterocycles. The third kappa shape index (κ3) is 3.89. The van der Waals surface area contributed by atoms with Crippen LogP contribution in [0.5, 0.6) is 0 Å². The highest BCUT2D eigenvalue weighted by molar-refractivity contribution is 8.03. The van der Waals surface area contributed by atoms with Crippen molar-refractivity contribution in [3.63, 3.8) is 0 Å². The molecule has 9 heteroatoms. The van der Waals surface area contributed by atoms with Gasteiger partial charge in [0.05, 0.1) is 34.2 Å². The maximum absolute atomic E-state index is 9.87. The number of allylic oxidation sites excluding steroid dienone is 2. The molecule has 7 N–H and O–H groups in total. The minimum Gasteiger partial charge on any atom is -0.412 e. The Morgan fingerprint density at radius 2 is 1.54 bits per heavy atom. The van der Waals surface area contributed by atoms with Gasteiger partial charge in [0.2, 0.25) is 0 Å². The summed E-state index contributed by atoms with van der Waals surface area (Å²) in [5, 5.41) is 23.6. The van der Waals surface area contributed by atoms with Crippen LogP contribution < -0.4 is 16.8 Å². The van der Waals surface area contributed by atoms with E-state index in [1.807, 2.05) is 18.2 Å². The monoisotopic (exact) mass is 431 g/mol. The van der Waals surface area contributed by atoms with Gasteiger partial charge in [-0.3, -0.25) is 0 Å². The molecule has 0 aliphatic carbocycles. The largest absolute Gasteiger partial charge is 0.412 e. The number of dihydropyridines is 1. The van der Waals surface area contributed by atoms with E-state index in [1.54, 1.807) is 24.3 Å². The average molecular weight is 432 g/mol. The fourth-order valence-corrected chi connectivity index (χ4v) is 4.37. The van der Waals surface area contributed by atoms with Gasteiger partial charge in [-0.2, -0.15) is 10.5 Å². The summed E-state index contributed by atoms with van der Waals surface area (Å²) in [4.78, 5) is 0.755. The first kappa shape index (κ1) is 21.5. The Labute approximate surface area is 176 Å². The van der Waals surface area contributed by atoms with E-state index in [2.05, 4.69) is 17.5 Å². The van der Waals surface area contributed by atoms with Crippen LogP contribution in [0.4, 0.5) is 5.69 Å². The standard InChI is InChI=1S/C19H13Cl2N5S.H2O/c20-12-4-3-5-13(21)17(12)16-10(8-22)18(25)26-19(11(16)9-23)27-15-7-2-1-6-14(15)24;/h1-7,16,26H,24-25H2;1H2/t16-;/m1./s1. The number of hydrogen-bond donors (Lipinski definition) is 3. The Kier molecular flexibility index (Phi) is 6.85. The van der Waals surface area contributed by atoms with E-state index in [0.29, 0.717) is 31.9 Å². The highest BCUT2D eigenvalue weighted by Gasteiger charge is 2.34. The lowest BCUT2D eigenvalue weighted by Crippen LogP contribution is -2.29. The van der Waals surface area contributed by atoms with Gasteiger partial charge in [-0.05, 0) is 24.3 Å². The second-order valence-corrected chi connectivity index (χ2v) is 7.49. The van der Waals surface area contributed by atoms with Gasteiger partial charge in [-0.1, -0.05) is 53.2 Å². The predicted octanol–water partition coefficient (Wildman–Crippen LogP) is 3.66. The summed E-state index contributed by atoms with van der Waals surface area (Å²) in [5.41, 5.74) is 13.6. The number of anilines is 1. The van der Waals surface area contributed by atoms with E-state index in [-0.39, 0.29) is 16.9 Å². The van der Waals surface area contributed by atoms with Crippen LogP contribution in [-0.4, -0.2) is 5.48 Å². The van der Waals surface area contributed by atoms with Crippen LogP contribution in [0, 0.1) is 22.7 Å². The van der Waals surface area contributed by atoms with Crippen LogP contribution in [0.3, 0.4) is 0 Å². The van der Waals surface area contributed by atoms with E-state index in [1.165, 1.54) is 11.8 Å². The first-order valence-electron chi connectivity index (χ1n) is 7.75. The molecule has 0 aromatic heterocycles. The minimum atomic E-state index is -0.769. The summed E-state index contributed by atoms with van der Waals surface area (Å²) in [5.74, 6) is -0.621. The lowest BCUT2D eigenvalue weighted by atomic mass is 9.84. The summed E-state index contributed by atoms with van der Waals surface area (Å²) in [6.45, 7) is 0. The number of para-hydroxylation sites is 1. The number of thioether (sulfide) groups is 1. The molecule has 0 amide bonds. The number of nitrogens with two attached hydrogens (primary N) is 2. The smallest absolute Gasteiger partial charge is 0.116 e. The average Bonchev–Trinajstić information content (AvgIpc) is 2.63. The van der Waals surface area contributed by atoms with Gasteiger partial charge >= 0.3 is 0 Å². The summed E-state index contributed by atoms with van der Waals surface area (Å²) in [7, 11) is 0. The molecule has 1 atom stereocenters. The first-order valence-corrected chi connectivity index (χ1v) is 9.32. The van der Waals surface area contributed by atoms with Gasteiger partial charge in [0.15, 0.2) is 0 Å². The minimum absolute atomic E-state index is 0. The third-order valence-corrected chi connectivity index (χ3v) is 5.80. The molecule has 6 nitrogen and oxygen atoms in total. The van der Waals surface area contributed by atoms with Crippen molar-refractivity contribution in [3.8, 4) is 12.1 Å². The molecule has 0 fully saturated rings. The molecule has 1 aliphatic heterocycles. The molecule has 1 heterocycles. The molecule has 2 aromatic rings. The van der Waals surface area contributed by atoms with Crippen LogP contribution in [0.2, 0.25) is 10.0 Å². The maximum Gasteiger partial charge on any atom is 0.116 e.